The van der Waals surface area contributed by atoms with Crippen molar-refractivity contribution < 1.29 is 46.5 Å². The van der Waals surface area contributed by atoms with Gasteiger partial charge >= 0.3 is 11.9 Å². The normalized spacial score (nSPS) is 15.2. The molecule has 0 rings (SSSR count). The second kappa shape index (κ2) is 38.2. The van der Waals surface area contributed by atoms with E-state index in [1.165, 1.54) is 78.3 Å². The maximum Gasteiger partial charge on any atom is 0.305 e. The van der Waals surface area contributed by atoms with E-state index in [1.54, 1.807) is 0 Å². The number of hydrogen-bond acceptors (Lipinski definition) is 7. The van der Waals surface area contributed by atoms with Gasteiger partial charge < -0.3 is 28.3 Å². The summed E-state index contributed by atoms with van der Waals surface area (Å²) in [6, 6.07) is 0. The molecule has 0 aromatic carbocycles. The molecule has 9 nitrogen and oxygen atoms in total. The first-order valence-electron chi connectivity index (χ1n) is 23.3. The van der Waals surface area contributed by atoms with Crippen LogP contribution in [0.1, 0.15) is 172 Å². The van der Waals surface area contributed by atoms with E-state index in [2.05, 4.69) is 61.6 Å². The lowest BCUT2D eigenvalue weighted by atomic mass is 10.0. The van der Waals surface area contributed by atoms with E-state index in [1.807, 2.05) is 6.08 Å². The number of aliphatic carboxylic acids is 1. The molecular formula is C46H82NO8P. The smallest absolute Gasteiger partial charge is 0.305 e. The Bertz CT molecular complexity index is 1250. The number of ether oxygens (including phenoxy) is 1. The minimum Gasteiger partial charge on any atom is -0.756 e. The van der Waals surface area contributed by atoms with Crippen molar-refractivity contribution in [2.24, 2.45) is 5.92 Å². The van der Waals surface area contributed by atoms with Gasteiger partial charge in [0.1, 0.15) is 13.2 Å². The Morgan fingerprint density at radius 3 is 1.64 bits per heavy atom. The lowest BCUT2D eigenvalue weighted by Crippen LogP contribution is -2.37. The Balaban J connectivity index is 4.57. The van der Waals surface area contributed by atoms with Gasteiger partial charge in [0.05, 0.1) is 38.4 Å². The fraction of sp³-hybridized carbons (Fsp3) is 0.739. The third-order valence-corrected chi connectivity index (χ3v) is 10.2. The summed E-state index contributed by atoms with van der Waals surface area (Å²) in [7, 11) is -1.73. The van der Waals surface area contributed by atoms with E-state index < -0.39 is 25.3 Å². The highest BCUT2D eigenvalue weighted by Crippen LogP contribution is 2.39. The molecule has 0 aromatic heterocycles. The Morgan fingerprint density at radius 2 is 1.12 bits per heavy atom. The van der Waals surface area contributed by atoms with Gasteiger partial charge in [-0.05, 0) is 64.2 Å². The lowest BCUT2D eigenvalue weighted by molar-refractivity contribution is -0.870. The molecule has 56 heavy (non-hydrogen) atoms. The molecule has 0 radical (unpaired) electrons. The Morgan fingerprint density at radius 1 is 0.661 bits per heavy atom. The van der Waals surface area contributed by atoms with Gasteiger partial charge in [0, 0.05) is 18.8 Å². The van der Waals surface area contributed by atoms with E-state index in [0.717, 1.165) is 70.6 Å². The predicted molar refractivity (Wildman–Crippen MR) is 231 cm³/mol. The van der Waals surface area contributed by atoms with Crippen molar-refractivity contribution in [2.75, 3.05) is 47.4 Å². The van der Waals surface area contributed by atoms with Crippen molar-refractivity contribution in [2.45, 2.75) is 167 Å². The Labute approximate surface area is 347 Å². The molecule has 0 heterocycles. The number of quaternary nitrogens is 1. The number of phosphoric ester groups is 1. The van der Waals surface area contributed by atoms with Crippen LogP contribution < -0.4 is 4.89 Å². The molecule has 0 aliphatic heterocycles. The summed E-state index contributed by atoms with van der Waals surface area (Å²) in [6.07, 6.45) is 46.0. The molecule has 0 fully saturated rings. The van der Waals surface area contributed by atoms with Gasteiger partial charge in [0.15, 0.2) is 0 Å². The van der Waals surface area contributed by atoms with Crippen molar-refractivity contribution in [1.82, 2.24) is 0 Å². The molecule has 2 unspecified atom stereocenters. The van der Waals surface area contributed by atoms with E-state index in [9.17, 15) is 19.0 Å². The van der Waals surface area contributed by atoms with Crippen molar-refractivity contribution in [3.8, 4) is 0 Å². The van der Waals surface area contributed by atoms with Gasteiger partial charge in [-0.3, -0.25) is 14.2 Å². The van der Waals surface area contributed by atoms with Crippen LogP contribution in [0.2, 0.25) is 0 Å². The van der Waals surface area contributed by atoms with Gasteiger partial charge in [-0.2, -0.15) is 0 Å². The molecule has 0 saturated heterocycles. The quantitative estimate of drug-likeness (QED) is 0.0213. The van der Waals surface area contributed by atoms with Crippen molar-refractivity contribution in [1.29, 1.82) is 0 Å². The van der Waals surface area contributed by atoms with E-state index in [4.69, 9.17) is 23.0 Å². The summed E-state index contributed by atoms with van der Waals surface area (Å²) < 4.78 is 50.7. The average Bonchev–Trinajstić information content (AvgIpc) is 3.17. The number of nitrogens with zero attached hydrogens (tertiary/aromatic N) is 1. The zero-order chi connectivity index (χ0) is 43.9. The number of carboxylic acid groups (broad SMARTS) is 1. The fourth-order valence-electron chi connectivity index (χ4n) is 5.77. The second-order valence-electron chi connectivity index (χ2n) is 15.4. The first-order chi connectivity index (χ1) is 28.2. The Hall–Kier alpha value is -2.29. The van der Waals surface area contributed by atoms with Crippen LogP contribution in [0.15, 0.2) is 60.8 Å². The highest BCUT2D eigenvalue weighted by atomic mass is 31.2. The van der Waals surface area contributed by atoms with Crippen LogP contribution in [0.3, 0.4) is 0 Å². The van der Waals surface area contributed by atoms with Crippen LogP contribution in [0.5, 0.6) is 0 Å². The van der Waals surface area contributed by atoms with Gasteiger partial charge in [0.2, 0.25) is 0 Å². The zero-order valence-corrected chi connectivity index (χ0v) is 36.5. The minimum atomic E-state index is -4.69. The maximum absolute atomic E-state index is 12.5. The van der Waals surface area contributed by atoms with Crippen molar-refractivity contribution >= 4 is 19.8 Å². The predicted octanol–water partition coefficient (Wildman–Crippen LogP) is 12.0. The van der Waals surface area contributed by atoms with Gasteiger partial charge in [-0.25, -0.2) is 0 Å². The molecule has 2 atom stereocenters. The monoisotopic (exact) mass is 811 g/mol. The SMILES string of the molecule is [2H]C([2H])([2H])[N+](C)(C)CCOP(=O)([O-])OCC(CC/C=C\C/C=C\C/C=C\C/C=C\C/C=C\CCCCCC(=O)O)COC(=O)CCCCCCCCCCCCCCC. The van der Waals surface area contributed by atoms with E-state index >= 15 is 0 Å². The average molecular weight is 811 g/mol. The molecule has 0 spiro atoms. The van der Waals surface area contributed by atoms with Crippen LogP contribution >= 0.6 is 7.82 Å². The number of hydrogen-bond donors (Lipinski definition) is 1. The van der Waals surface area contributed by atoms with Crippen LogP contribution in [-0.2, 0) is 27.9 Å². The third kappa shape index (κ3) is 42.8. The number of allylic oxidation sites excluding steroid dienone is 10. The molecule has 0 bridgehead atoms. The highest BCUT2D eigenvalue weighted by molar-refractivity contribution is 7.45. The molecule has 10 heteroatoms. The highest BCUT2D eigenvalue weighted by Gasteiger charge is 2.18. The van der Waals surface area contributed by atoms with E-state index in [0.29, 0.717) is 19.3 Å². The summed E-state index contributed by atoms with van der Waals surface area (Å²) in [5.74, 6) is -1.37. The Kier molecular flexibility index (Phi) is 32.8. The molecule has 324 valence electrons. The summed E-state index contributed by atoms with van der Waals surface area (Å²) in [5.41, 5.74) is 0. The molecule has 0 amide bonds. The molecular weight excluding hydrogens is 725 g/mol. The molecule has 0 aliphatic carbocycles. The van der Waals surface area contributed by atoms with Gasteiger partial charge in [-0.1, -0.05) is 151 Å². The van der Waals surface area contributed by atoms with Crippen molar-refractivity contribution in [3.05, 3.63) is 60.8 Å². The number of carbonyl (C=O) groups is 2. The number of carbonyl (C=O) groups excluding carboxylic acids is 1. The maximum atomic E-state index is 12.5. The number of likely N-dealkylation sites (N-methyl/N-ethyl adjacent to an activating group) is 1. The number of esters is 1. The van der Waals surface area contributed by atoms with Crippen molar-refractivity contribution in [3.63, 3.8) is 0 Å². The number of unbranched alkanes of at least 4 members (excludes halogenated alkanes) is 15. The number of carboxylic acids is 1. The zero-order valence-electron chi connectivity index (χ0n) is 38.6. The first-order valence-corrected chi connectivity index (χ1v) is 23.2. The van der Waals surface area contributed by atoms with E-state index in [-0.39, 0.29) is 44.7 Å². The largest absolute Gasteiger partial charge is 0.756 e. The lowest BCUT2D eigenvalue weighted by Gasteiger charge is -2.28. The molecule has 0 aliphatic rings. The second-order valence-corrected chi connectivity index (χ2v) is 16.8. The first kappa shape index (κ1) is 48.1. The topological polar surface area (TPSA) is 122 Å². The fourth-order valence-corrected chi connectivity index (χ4v) is 6.54. The molecule has 1 N–H and O–H groups in total. The summed E-state index contributed by atoms with van der Waals surface area (Å²) in [6.45, 7) is -0.592. The van der Waals surface area contributed by atoms with Crippen LogP contribution in [-0.4, -0.2) is 69.0 Å². The minimum absolute atomic E-state index is 0.0419. The van der Waals surface area contributed by atoms with Gasteiger partial charge in [0.25, 0.3) is 7.82 Å². The van der Waals surface area contributed by atoms with Crippen LogP contribution in [0, 0.1) is 5.92 Å². The number of rotatable bonds is 40. The summed E-state index contributed by atoms with van der Waals surface area (Å²) in [5, 5.41) is 8.66. The van der Waals surface area contributed by atoms with Crippen LogP contribution in [0.4, 0.5) is 0 Å². The molecule has 0 aromatic rings. The standard InChI is InChI=1S/C46H82NO8P/c1-5-6-7-8-9-10-11-19-24-27-30-33-36-39-46(50)53-42-44(43-55-56(51,52)54-41-40-47(2,3)4)37-34-31-28-25-22-20-17-15-13-12-14-16-18-21-23-26-29-32-35-38-45(48)49/h13-16,20-23,28,31,44H,5-12,17-19,24-27,29-30,32-43H2,1-4H3,(H-,48,49,51,52)/b15-13-,16-14-,22-20-,23-21-,31-28-/i2D3. The van der Waals surface area contributed by atoms with Crippen LogP contribution in [0.25, 0.3) is 0 Å². The summed E-state index contributed by atoms with van der Waals surface area (Å²) >= 11 is 0. The third-order valence-electron chi connectivity index (χ3n) is 9.26. The number of phosphoric acid groups is 1. The molecule has 0 saturated carbocycles. The van der Waals surface area contributed by atoms with Gasteiger partial charge in [-0.15, -0.1) is 0 Å². The summed E-state index contributed by atoms with van der Waals surface area (Å²) in [4.78, 5) is 35.6.